The van der Waals surface area contributed by atoms with Gasteiger partial charge in [0.15, 0.2) is 16.6 Å². The molecule has 2 heterocycles. The number of benzene rings is 3. The van der Waals surface area contributed by atoms with E-state index < -0.39 is 29.5 Å². The van der Waals surface area contributed by atoms with Gasteiger partial charge in [0.05, 0.1) is 28.9 Å². The summed E-state index contributed by atoms with van der Waals surface area (Å²) in [5, 5.41) is 22.1. The first-order chi connectivity index (χ1) is 22.0. The maximum absolute atomic E-state index is 13.7. The molecule has 10 nitrogen and oxygen atoms in total. The second kappa shape index (κ2) is 13.6. The molecule has 1 aromatic heterocycles. The number of Topliss-reactive ketones (excluding diaryl/α,β-unsaturated/α-hetero) is 1. The molecule has 0 saturated carbocycles. The van der Waals surface area contributed by atoms with Crippen molar-refractivity contribution in [3.63, 3.8) is 0 Å². The summed E-state index contributed by atoms with van der Waals surface area (Å²) < 4.78 is 16.6. The zero-order valence-corrected chi connectivity index (χ0v) is 27.5. The average Bonchev–Trinajstić information content (AvgIpc) is 3.56. The van der Waals surface area contributed by atoms with Crippen molar-refractivity contribution in [1.82, 2.24) is 4.98 Å². The summed E-state index contributed by atoms with van der Waals surface area (Å²) >= 11 is 4.17. The number of anilines is 1. The van der Waals surface area contributed by atoms with Crippen molar-refractivity contribution in [3.05, 3.63) is 116 Å². The van der Waals surface area contributed by atoms with Gasteiger partial charge in [0.1, 0.15) is 29.6 Å². The topological polar surface area (TPSA) is 135 Å². The van der Waals surface area contributed by atoms with E-state index in [0.29, 0.717) is 23.6 Å². The molecule has 1 unspecified atom stereocenters. The van der Waals surface area contributed by atoms with E-state index in [-0.39, 0.29) is 43.7 Å². The molecule has 1 fully saturated rings. The van der Waals surface area contributed by atoms with E-state index in [1.165, 1.54) is 25.3 Å². The lowest BCUT2D eigenvalue weighted by molar-refractivity contribution is -0.132. The second-order valence-corrected chi connectivity index (χ2v) is 12.2. The van der Waals surface area contributed by atoms with Crippen LogP contribution in [0.25, 0.3) is 5.76 Å². The van der Waals surface area contributed by atoms with Crippen LogP contribution in [0.4, 0.5) is 5.13 Å². The summed E-state index contributed by atoms with van der Waals surface area (Å²) in [6, 6.07) is 16.2. The molecule has 1 amide bonds. The van der Waals surface area contributed by atoms with Gasteiger partial charge in [-0.05, 0) is 77.3 Å². The van der Waals surface area contributed by atoms with Gasteiger partial charge in [-0.2, -0.15) is 0 Å². The zero-order chi connectivity index (χ0) is 33.1. The smallest absolute Gasteiger partial charge is 0.350 e. The third kappa shape index (κ3) is 6.40. The monoisotopic (exact) mass is 704 g/mol. The van der Waals surface area contributed by atoms with E-state index in [9.17, 15) is 24.6 Å². The molecule has 0 spiro atoms. The molecule has 236 valence electrons. The number of nitrogens with zero attached hydrogens (tertiary/aromatic N) is 2. The van der Waals surface area contributed by atoms with E-state index in [4.69, 9.17) is 14.2 Å². The van der Waals surface area contributed by atoms with E-state index in [2.05, 4.69) is 27.5 Å². The van der Waals surface area contributed by atoms with Gasteiger partial charge in [-0.3, -0.25) is 14.5 Å². The fraction of sp³-hybridized carbons (Fsp3) is 0.176. The summed E-state index contributed by atoms with van der Waals surface area (Å²) in [5.74, 6) is -2.61. The highest BCUT2D eigenvalue weighted by Gasteiger charge is 2.49. The lowest BCUT2D eigenvalue weighted by Crippen LogP contribution is -2.29. The van der Waals surface area contributed by atoms with Crippen molar-refractivity contribution in [2.24, 2.45) is 0 Å². The number of phenols is 1. The van der Waals surface area contributed by atoms with Crippen molar-refractivity contribution in [1.29, 1.82) is 0 Å². The molecule has 0 aliphatic carbocycles. The number of amides is 1. The van der Waals surface area contributed by atoms with Crippen LogP contribution in [0.15, 0.2) is 83.4 Å². The summed E-state index contributed by atoms with van der Waals surface area (Å²) in [7, 11) is 1.36. The zero-order valence-electron chi connectivity index (χ0n) is 25.1. The van der Waals surface area contributed by atoms with Crippen molar-refractivity contribution in [2.75, 3.05) is 18.6 Å². The van der Waals surface area contributed by atoms with E-state index in [0.717, 1.165) is 27.4 Å². The number of ether oxygens (including phenoxy) is 3. The Balaban J connectivity index is 1.57. The number of phenolic OH excluding ortho intramolecular Hbond substituents is 1. The Labute approximate surface area is 277 Å². The standard InChI is InChI=1S/C34H29BrN2O8S/c1-5-13-44-33(42)31-19(3)36-34(46-31)37-27(22-15-24(35)29(39)25(16-22)43-4)26(30(40)32(37)41)28(38)21-9-11-23(12-10-21)45-17-20-8-6-7-18(2)14-20/h5-12,14-16,27,38-39H,1,13,17H2,2-4H3/b28-26+. The number of methoxy groups -OCH3 is 1. The van der Waals surface area contributed by atoms with Crippen molar-refractivity contribution in [2.45, 2.75) is 26.5 Å². The molecule has 0 bridgehead atoms. The SMILES string of the molecule is C=CCOC(=O)c1sc(N2C(=O)C(=O)/C(=C(/O)c3ccc(OCc4cccc(C)c4)cc3)C2c2cc(Br)c(O)c(OC)c2)nc1C. The predicted molar refractivity (Wildman–Crippen MR) is 176 cm³/mol. The van der Waals surface area contributed by atoms with Crippen LogP contribution in [0.5, 0.6) is 17.2 Å². The lowest BCUT2D eigenvalue weighted by atomic mass is 9.95. The normalized spacial score (nSPS) is 15.6. The number of aromatic hydroxyl groups is 1. The Morgan fingerprint density at radius 2 is 1.87 bits per heavy atom. The number of ketones is 1. The summed E-state index contributed by atoms with van der Waals surface area (Å²) in [6.45, 7) is 7.44. The van der Waals surface area contributed by atoms with Crippen LogP contribution in [-0.4, -0.2) is 46.6 Å². The van der Waals surface area contributed by atoms with Gasteiger partial charge in [-0.15, -0.1) is 0 Å². The highest BCUT2D eigenvalue weighted by atomic mass is 79.9. The van der Waals surface area contributed by atoms with Crippen molar-refractivity contribution >= 4 is 55.8 Å². The molecule has 5 rings (SSSR count). The quantitative estimate of drug-likeness (QED) is 0.0602. The molecule has 0 radical (unpaired) electrons. The number of rotatable bonds is 10. The van der Waals surface area contributed by atoms with Gasteiger partial charge in [0.25, 0.3) is 5.78 Å². The molecule has 1 aliphatic heterocycles. The first-order valence-electron chi connectivity index (χ1n) is 14.0. The largest absolute Gasteiger partial charge is 0.507 e. The maximum Gasteiger partial charge on any atom is 0.350 e. The first-order valence-corrected chi connectivity index (χ1v) is 15.6. The fourth-order valence-corrected chi connectivity index (χ4v) is 6.41. The average molecular weight is 706 g/mol. The maximum atomic E-state index is 13.7. The molecule has 4 aromatic rings. The van der Waals surface area contributed by atoms with Crippen LogP contribution >= 0.6 is 27.3 Å². The molecule has 46 heavy (non-hydrogen) atoms. The Bertz CT molecular complexity index is 1880. The molecule has 12 heteroatoms. The molecule has 1 saturated heterocycles. The van der Waals surface area contributed by atoms with Gasteiger partial charge in [-0.1, -0.05) is 53.8 Å². The number of carbonyl (C=O) groups is 3. The predicted octanol–water partition coefficient (Wildman–Crippen LogP) is 6.78. The minimum atomic E-state index is -1.20. The number of aromatic nitrogens is 1. The number of hydrogen-bond acceptors (Lipinski definition) is 10. The molecular weight excluding hydrogens is 676 g/mol. The summed E-state index contributed by atoms with van der Waals surface area (Å²) in [4.78, 5) is 45.7. The number of aliphatic hydroxyl groups excluding tert-OH is 1. The number of aliphatic hydroxyl groups is 1. The first kappa shape index (κ1) is 32.5. The third-order valence-corrected chi connectivity index (χ3v) is 8.90. The van der Waals surface area contributed by atoms with Crippen LogP contribution in [0.2, 0.25) is 0 Å². The Morgan fingerprint density at radius 1 is 1.13 bits per heavy atom. The number of thiazole rings is 1. The van der Waals surface area contributed by atoms with Gasteiger partial charge in [0, 0.05) is 5.56 Å². The van der Waals surface area contributed by atoms with Crippen LogP contribution in [0.1, 0.15) is 43.7 Å². The highest BCUT2D eigenvalue weighted by molar-refractivity contribution is 9.10. The molecule has 3 aromatic carbocycles. The van der Waals surface area contributed by atoms with E-state index >= 15 is 0 Å². The highest BCUT2D eigenvalue weighted by Crippen LogP contribution is 2.47. The van der Waals surface area contributed by atoms with E-state index in [1.54, 1.807) is 31.2 Å². The number of carbonyl (C=O) groups excluding carboxylic acids is 3. The van der Waals surface area contributed by atoms with Crippen LogP contribution in [-0.2, 0) is 20.9 Å². The Kier molecular flexibility index (Phi) is 9.59. The minimum Gasteiger partial charge on any atom is -0.507 e. The molecule has 2 N–H and O–H groups in total. The van der Waals surface area contributed by atoms with Crippen LogP contribution < -0.4 is 14.4 Å². The van der Waals surface area contributed by atoms with Crippen molar-refractivity contribution < 1.29 is 38.8 Å². The lowest BCUT2D eigenvalue weighted by Gasteiger charge is -2.24. The number of aryl methyl sites for hydroxylation is 2. The van der Waals surface area contributed by atoms with Crippen LogP contribution in [0.3, 0.4) is 0 Å². The van der Waals surface area contributed by atoms with Gasteiger partial charge in [-0.25, -0.2) is 9.78 Å². The molecule has 1 atom stereocenters. The summed E-state index contributed by atoms with van der Waals surface area (Å²) in [6.07, 6.45) is 1.42. The van der Waals surface area contributed by atoms with E-state index in [1.807, 2.05) is 31.2 Å². The minimum absolute atomic E-state index is 0.0207. The third-order valence-electron chi connectivity index (χ3n) is 7.16. The van der Waals surface area contributed by atoms with Crippen LogP contribution in [0, 0.1) is 13.8 Å². The second-order valence-electron chi connectivity index (χ2n) is 10.3. The molecular formula is C34H29BrN2O8S. The van der Waals surface area contributed by atoms with Gasteiger partial charge < -0.3 is 24.4 Å². The summed E-state index contributed by atoms with van der Waals surface area (Å²) in [5.41, 5.74) is 2.77. The Hall–Kier alpha value is -4.94. The fourth-order valence-electron chi connectivity index (χ4n) is 4.96. The Morgan fingerprint density at radius 3 is 2.54 bits per heavy atom. The van der Waals surface area contributed by atoms with Gasteiger partial charge in [0.2, 0.25) is 0 Å². The van der Waals surface area contributed by atoms with Gasteiger partial charge >= 0.3 is 11.9 Å². The number of esters is 1. The number of hydrogen-bond donors (Lipinski definition) is 2. The molecule has 1 aliphatic rings. The van der Waals surface area contributed by atoms with Crippen molar-refractivity contribution in [3.8, 4) is 17.2 Å². The number of halogens is 1.